The molecule has 7 nitrogen and oxygen atoms in total. The fraction of sp³-hybridized carbons (Fsp3) is 0.0435. The number of hydrogen-bond donors (Lipinski definition) is 1. The lowest BCUT2D eigenvalue weighted by Gasteiger charge is -2.11. The average Bonchev–Trinajstić information content (AvgIpc) is 3.15. The van der Waals surface area contributed by atoms with Crippen LogP contribution in [0.1, 0.15) is 5.56 Å². The Morgan fingerprint density at radius 2 is 1.73 bits per heavy atom. The Bertz CT molecular complexity index is 1360. The van der Waals surface area contributed by atoms with Gasteiger partial charge in [0.2, 0.25) is 0 Å². The van der Waals surface area contributed by atoms with E-state index in [2.05, 4.69) is 10.3 Å². The van der Waals surface area contributed by atoms with Gasteiger partial charge in [0.05, 0.1) is 17.7 Å². The van der Waals surface area contributed by atoms with Crippen molar-refractivity contribution in [2.45, 2.75) is 4.90 Å². The van der Waals surface area contributed by atoms with E-state index in [0.29, 0.717) is 26.3 Å². The van der Waals surface area contributed by atoms with Crippen LogP contribution in [0.4, 0.5) is 5.69 Å². The van der Waals surface area contributed by atoms with Gasteiger partial charge in [-0.05, 0) is 71.9 Å². The summed E-state index contributed by atoms with van der Waals surface area (Å²) < 4.78 is 35.6. The SMILES string of the molecule is COc1cc(/C=C2\SC(=Nc3ccc(Cl)cc3)NC2=O)ccc1OS(=O)(=O)c1ccccc1. The van der Waals surface area contributed by atoms with Crippen molar-refractivity contribution in [3.63, 3.8) is 0 Å². The van der Waals surface area contributed by atoms with Crippen LogP contribution >= 0.6 is 23.4 Å². The van der Waals surface area contributed by atoms with Crippen molar-refractivity contribution in [1.29, 1.82) is 0 Å². The number of carbonyl (C=O) groups is 1. The van der Waals surface area contributed by atoms with Gasteiger partial charge in [-0.1, -0.05) is 35.9 Å². The second-order valence-corrected chi connectivity index (χ2v) is 9.73. The average molecular weight is 501 g/mol. The monoisotopic (exact) mass is 500 g/mol. The standard InChI is InChI=1S/C23H17ClN2O5S2/c1-30-20-13-15(7-12-19(20)31-33(28,29)18-5-3-2-4-6-18)14-21-22(27)26-23(32-21)25-17-10-8-16(24)9-11-17/h2-14H,1H3,(H,25,26,27)/b21-14-. The normalized spacial score (nSPS) is 16.1. The van der Waals surface area contributed by atoms with Gasteiger partial charge in [0.1, 0.15) is 4.90 Å². The zero-order chi connectivity index (χ0) is 23.4. The molecule has 0 aliphatic carbocycles. The lowest BCUT2D eigenvalue weighted by molar-refractivity contribution is -0.115. The van der Waals surface area contributed by atoms with E-state index in [1.807, 2.05) is 0 Å². The van der Waals surface area contributed by atoms with E-state index >= 15 is 0 Å². The number of carbonyl (C=O) groups excluding carboxylic acids is 1. The van der Waals surface area contributed by atoms with Crippen molar-refractivity contribution in [3.05, 3.63) is 88.3 Å². The highest BCUT2D eigenvalue weighted by atomic mass is 35.5. The number of aliphatic imine (C=N–C) groups is 1. The minimum atomic E-state index is -4.02. The number of nitrogens with one attached hydrogen (secondary N) is 1. The van der Waals surface area contributed by atoms with Crippen LogP contribution in [-0.2, 0) is 14.9 Å². The summed E-state index contributed by atoms with van der Waals surface area (Å²) in [5.41, 5.74) is 1.29. The first kappa shape index (κ1) is 22.9. The molecular weight excluding hydrogens is 484 g/mol. The molecule has 168 valence electrons. The number of amidine groups is 1. The number of halogens is 1. The molecule has 1 aliphatic rings. The molecule has 1 N–H and O–H groups in total. The van der Waals surface area contributed by atoms with Crippen molar-refractivity contribution < 1.29 is 22.1 Å². The molecule has 1 amide bonds. The summed E-state index contributed by atoms with van der Waals surface area (Å²) >= 11 is 7.07. The van der Waals surface area contributed by atoms with Crippen molar-refractivity contribution in [2.75, 3.05) is 7.11 Å². The maximum atomic E-state index is 12.5. The van der Waals surface area contributed by atoms with Gasteiger partial charge < -0.3 is 14.2 Å². The molecule has 10 heteroatoms. The number of thioether (sulfide) groups is 1. The molecule has 0 aromatic heterocycles. The molecule has 33 heavy (non-hydrogen) atoms. The zero-order valence-electron chi connectivity index (χ0n) is 17.2. The van der Waals surface area contributed by atoms with Crippen LogP contribution in [0.2, 0.25) is 5.02 Å². The lowest BCUT2D eigenvalue weighted by atomic mass is 10.2. The van der Waals surface area contributed by atoms with Crippen LogP contribution in [0.3, 0.4) is 0 Å². The predicted octanol–water partition coefficient (Wildman–Crippen LogP) is 5.01. The largest absolute Gasteiger partial charge is 0.493 e. The molecule has 3 aromatic carbocycles. The number of benzene rings is 3. The van der Waals surface area contributed by atoms with Gasteiger partial charge in [0.15, 0.2) is 16.7 Å². The quantitative estimate of drug-likeness (QED) is 0.378. The number of nitrogens with zero attached hydrogens (tertiary/aromatic N) is 1. The summed E-state index contributed by atoms with van der Waals surface area (Å²) in [6.07, 6.45) is 1.66. The Morgan fingerprint density at radius 1 is 1.00 bits per heavy atom. The summed E-state index contributed by atoms with van der Waals surface area (Å²) in [7, 11) is -2.61. The summed E-state index contributed by atoms with van der Waals surface area (Å²) in [5, 5.41) is 3.75. The topological polar surface area (TPSA) is 94.1 Å². The number of ether oxygens (including phenoxy) is 1. The summed E-state index contributed by atoms with van der Waals surface area (Å²) in [6, 6.07) is 19.4. The third-order valence-corrected chi connectivity index (χ3v) is 6.84. The number of amides is 1. The maximum Gasteiger partial charge on any atom is 0.339 e. The highest BCUT2D eigenvalue weighted by molar-refractivity contribution is 8.18. The van der Waals surface area contributed by atoms with Crippen LogP contribution < -0.4 is 14.2 Å². The third-order valence-electron chi connectivity index (χ3n) is 4.42. The van der Waals surface area contributed by atoms with E-state index < -0.39 is 10.1 Å². The number of hydrogen-bond acceptors (Lipinski definition) is 7. The minimum Gasteiger partial charge on any atom is -0.493 e. The Labute approximate surface area is 200 Å². The fourth-order valence-electron chi connectivity index (χ4n) is 2.86. The van der Waals surface area contributed by atoms with Crippen LogP contribution in [0, 0.1) is 0 Å². The van der Waals surface area contributed by atoms with E-state index in [9.17, 15) is 13.2 Å². The smallest absolute Gasteiger partial charge is 0.339 e. The molecule has 0 atom stereocenters. The lowest BCUT2D eigenvalue weighted by Crippen LogP contribution is -2.19. The molecule has 4 rings (SSSR count). The van der Waals surface area contributed by atoms with Gasteiger partial charge in [-0.25, -0.2) is 4.99 Å². The maximum absolute atomic E-state index is 12.5. The molecule has 0 bridgehead atoms. The van der Waals surface area contributed by atoms with E-state index in [4.69, 9.17) is 20.5 Å². The molecule has 0 unspecified atom stereocenters. The number of methoxy groups -OCH3 is 1. The molecule has 3 aromatic rings. The molecule has 0 saturated carbocycles. The predicted molar refractivity (Wildman–Crippen MR) is 130 cm³/mol. The first-order valence-electron chi connectivity index (χ1n) is 9.57. The molecule has 1 heterocycles. The van der Waals surface area contributed by atoms with E-state index in [0.717, 1.165) is 0 Å². The van der Waals surface area contributed by atoms with Gasteiger partial charge in [-0.3, -0.25) is 4.79 Å². The Morgan fingerprint density at radius 3 is 2.42 bits per heavy atom. The molecule has 0 radical (unpaired) electrons. The van der Waals surface area contributed by atoms with Crippen molar-refractivity contribution >= 4 is 56.3 Å². The first-order valence-corrected chi connectivity index (χ1v) is 12.2. The second-order valence-electron chi connectivity index (χ2n) is 6.72. The van der Waals surface area contributed by atoms with Gasteiger partial charge in [-0.15, -0.1) is 0 Å². The van der Waals surface area contributed by atoms with Gasteiger partial charge in [0, 0.05) is 5.02 Å². The van der Waals surface area contributed by atoms with Crippen molar-refractivity contribution in [3.8, 4) is 11.5 Å². The van der Waals surface area contributed by atoms with Gasteiger partial charge >= 0.3 is 10.1 Å². The molecule has 1 saturated heterocycles. The molecule has 0 spiro atoms. The summed E-state index contributed by atoms with van der Waals surface area (Å²) in [5.74, 6) is -0.0435. The van der Waals surface area contributed by atoms with Crippen LogP contribution in [-0.4, -0.2) is 26.6 Å². The van der Waals surface area contributed by atoms with Gasteiger partial charge in [0.25, 0.3) is 5.91 Å². The first-order chi connectivity index (χ1) is 15.8. The third kappa shape index (κ3) is 5.57. The fourth-order valence-corrected chi connectivity index (χ4v) is 4.79. The van der Waals surface area contributed by atoms with Crippen molar-refractivity contribution in [2.24, 2.45) is 4.99 Å². The molecule has 1 aliphatic heterocycles. The summed E-state index contributed by atoms with van der Waals surface area (Å²) in [6.45, 7) is 0. The second kappa shape index (κ2) is 9.70. The molecular formula is C23H17ClN2O5S2. The number of rotatable bonds is 6. The van der Waals surface area contributed by atoms with Crippen LogP contribution in [0.5, 0.6) is 11.5 Å². The Balaban J connectivity index is 1.55. The summed E-state index contributed by atoms with van der Waals surface area (Å²) in [4.78, 5) is 17.2. The zero-order valence-corrected chi connectivity index (χ0v) is 19.6. The van der Waals surface area contributed by atoms with E-state index in [1.54, 1.807) is 60.7 Å². The Kier molecular flexibility index (Phi) is 6.73. The minimum absolute atomic E-state index is 0.0322. The van der Waals surface area contributed by atoms with E-state index in [1.165, 1.54) is 37.1 Å². The molecule has 1 fully saturated rings. The van der Waals surface area contributed by atoms with Crippen molar-refractivity contribution in [1.82, 2.24) is 5.32 Å². The highest BCUT2D eigenvalue weighted by Crippen LogP contribution is 2.33. The Hall–Kier alpha value is -3.27. The van der Waals surface area contributed by atoms with E-state index in [-0.39, 0.29) is 22.3 Å². The highest BCUT2D eigenvalue weighted by Gasteiger charge is 2.24. The van der Waals surface area contributed by atoms with Crippen LogP contribution in [0.15, 0.2) is 87.6 Å². The van der Waals surface area contributed by atoms with Gasteiger partial charge in [-0.2, -0.15) is 8.42 Å². The van der Waals surface area contributed by atoms with Crippen LogP contribution in [0.25, 0.3) is 6.08 Å².